The molecule has 7 rings (SSSR count). The average Bonchev–Trinajstić information content (AvgIpc) is 3.23. The Morgan fingerprint density at radius 2 is 1.31 bits per heavy atom. The summed E-state index contributed by atoms with van der Waals surface area (Å²) in [6.45, 7) is 9.43. The molecule has 0 N–H and O–H groups in total. The largest absolute Gasteiger partial charge is 0.338 e. The number of anilines is 2. The molecule has 1 aliphatic rings. The van der Waals surface area contributed by atoms with Gasteiger partial charge in [-0.2, -0.15) is 0 Å². The zero-order valence-corrected chi connectivity index (χ0v) is 22.5. The number of benzene rings is 6. The van der Waals surface area contributed by atoms with Gasteiger partial charge in [-0.25, -0.2) is 0 Å². The van der Waals surface area contributed by atoms with Crippen LogP contribution in [0.3, 0.4) is 0 Å². The average molecular weight is 502 g/mol. The highest BCUT2D eigenvalue weighted by Gasteiger charge is 2.39. The number of nitrogens with zero attached hydrogens (tertiary/aromatic N) is 1. The van der Waals surface area contributed by atoms with Gasteiger partial charge < -0.3 is 4.90 Å². The van der Waals surface area contributed by atoms with E-state index >= 15 is 0 Å². The third-order valence-corrected chi connectivity index (χ3v) is 8.40. The molecule has 0 aromatic heterocycles. The summed E-state index contributed by atoms with van der Waals surface area (Å²) in [6, 6.07) is 40.1. The zero-order valence-electron chi connectivity index (χ0n) is 22.5. The van der Waals surface area contributed by atoms with E-state index in [1.807, 2.05) is 12.2 Å². The van der Waals surface area contributed by atoms with E-state index in [1.54, 1.807) is 0 Å². The fraction of sp³-hybridized carbons (Fsp3) is 0.105. The second-order valence-electron chi connectivity index (χ2n) is 11.0. The molecular formula is C38H31N. The van der Waals surface area contributed by atoms with Crippen LogP contribution in [0.1, 0.15) is 25.0 Å². The van der Waals surface area contributed by atoms with E-state index in [2.05, 4.69) is 141 Å². The summed E-state index contributed by atoms with van der Waals surface area (Å²) in [5.74, 6) is 0. The molecule has 0 bridgehead atoms. The van der Waals surface area contributed by atoms with Gasteiger partial charge in [0.1, 0.15) is 0 Å². The zero-order chi connectivity index (χ0) is 26.6. The minimum atomic E-state index is -0.124. The molecule has 0 atom stereocenters. The summed E-state index contributed by atoms with van der Waals surface area (Å²) in [5, 5.41) is 7.98. The normalized spacial score (nSPS) is 13.7. The van der Waals surface area contributed by atoms with E-state index in [1.165, 1.54) is 65.9 Å². The van der Waals surface area contributed by atoms with Crippen molar-refractivity contribution in [3.63, 3.8) is 0 Å². The standard InChI is InChI=1S/C38H31N/c1-4-5-13-24-39(27-14-7-6-8-15-27)28-21-23-29-26(25-28)20-22-34-35-32-18-11-9-16-30(32)31-17-10-12-19-33(31)37(35)38(2,3)36(29)34/h4-23,25H,1,24H2,2-3H3/b13-5-. The molecule has 0 aliphatic heterocycles. The van der Waals surface area contributed by atoms with E-state index < -0.39 is 0 Å². The van der Waals surface area contributed by atoms with Crippen LogP contribution in [-0.2, 0) is 5.41 Å². The maximum atomic E-state index is 3.84. The Balaban J connectivity index is 1.46. The van der Waals surface area contributed by atoms with Gasteiger partial charge in [-0.15, -0.1) is 0 Å². The lowest BCUT2D eigenvalue weighted by molar-refractivity contribution is 0.672. The molecule has 6 aromatic carbocycles. The van der Waals surface area contributed by atoms with Crippen LogP contribution >= 0.6 is 0 Å². The molecular weight excluding hydrogens is 470 g/mol. The number of rotatable bonds is 5. The van der Waals surface area contributed by atoms with Gasteiger partial charge in [0.25, 0.3) is 0 Å². The molecule has 0 amide bonds. The molecule has 39 heavy (non-hydrogen) atoms. The summed E-state index contributed by atoms with van der Waals surface area (Å²) < 4.78 is 0. The molecule has 1 aliphatic carbocycles. The fourth-order valence-corrected chi connectivity index (χ4v) is 6.79. The molecule has 188 valence electrons. The SMILES string of the molecule is C=C/C=C\CN(c1ccccc1)c1ccc2c3c(ccc2c1)-c1c(c2ccccc2c2ccccc12)C3(C)C. The molecule has 0 fully saturated rings. The van der Waals surface area contributed by atoms with Crippen LogP contribution in [0.15, 0.2) is 134 Å². The van der Waals surface area contributed by atoms with Crippen molar-refractivity contribution in [3.8, 4) is 11.1 Å². The quantitative estimate of drug-likeness (QED) is 0.168. The van der Waals surface area contributed by atoms with Crippen LogP contribution in [0.2, 0.25) is 0 Å². The van der Waals surface area contributed by atoms with Gasteiger partial charge in [0.2, 0.25) is 0 Å². The van der Waals surface area contributed by atoms with Crippen molar-refractivity contribution in [1.82, 2.24) is 0 Å². The molecule has 0 radical (unpaired) electrons. The Morgan fingerprint density at radius 3 is 2.05 bits per heavy atom. The first-order chi connectivity index (χ1) is 19.1. The summed E-state index contributed by atoms with van der Waals surface area (Å²) in [5.41, 5.74) is 7.89. The predicted octanol–water partition coefficient (Wildman–Crippen LogP) is 10.3. The second-order valence-corrected chi connectivity index (χ2v) is 11.0. The maximum absolute atomic E-state index is 3.84. The Morgan fingerprint density at radius 1 is 0.641 bits per heavy atom. The first-order valence-corrected chi connectivity index (χ1v) is 13.7. The smallest absolute Gasteiger partial charge is 0.0420 e. The molecule has 0 unspecified atom stereocenters. The van der Waals surface area contributed by atoms with Crippen molar-refractivity contribution >= 4 is 43.7 Å². The van der Waals surface area contributed by atoms with Crippen LogP contribution in [0.4, 0.5) is 11.4 Å². The molecule has 0 heterocycles. The number of fused-ring (bicyclic) bond motifs is 10. The van der Waals surface area contributed by atoms with Crippen LogP contribution in [0.5, 0.6) is 0 Å². The van der Waals surface area contributed by atoms with Crippen molar-refractivity contribution in [1.29, 1.82) is 0 Å². The highest BCUT2D eigenvalue weighted by molar-refractivity contribution is 6.19. The van der Waals surface area contributed by atoms with Gasteiger partial charge in [-0.3, -0.25) is 0 Å². The van der Waals surface area contributed by atoms with Crippen molar-refractivity contribution in [2.24, 2.45) is 0 Å². The number of hydrogen-bond acceptors (Lipinski definition) is 1. The Labute approximate surface area is 230 Å². The lowest BCUT2D eigenvalue weighted by Crippen LogP contribution is -2.17. The molecule has 0 saturated heterocycles. The molecule has 0 spiro atoms. The summed E-state index contributed by atoms with van der Waals surface area (Å²) in [4.78, 5) is 2.35. The monoisotopic (exact) mass is 501 g/mol. The second kappa shape index (κ2) is 8.99. The predicted molar refractivity (Wildman–Crippen MR) is 169 cm³/mol. The Kier molecular flexibility index (Phi) is 5.42. The van der Waals surface area contributed by atoms with Crippen LogP contribution in [-0.4, -0.2) is 6.54 Å². The van der Waals surface area contributed by atoms with E-state index in [-0.39, 0.29) is 5.41 Å². The maximum Gasteiger partial charge on any atom is 0.0420 e. The van der Waals surface area contributed by atoms with Gasteiger partial charge in [0.05, 0.1) is 0 Å². The van der Waals surface area contributed by atoms with Crippen LogP contribution < -0.4 is 4.90 Å². The lowest BCUT2D eigenvalue weighted by Gasteiger charge is -2.27. The molecule has 1 nitrogen and oxygen atoms in total. The lowest BCUT2D eigenvalue weighted by atomic mass is 9.78. The van der Waals surface area contributed by atoms with Crippen molar-refractivity contribution in [2.75, 3.05) is 11.4 Å². The summed E-state index contributed by atoms with van der Waals surface area (Å²) in [6.07, 6.45) is 6.00. The van der Waals surface area contributed by atoms with Gasteiger partial charge in [0.15, 0.2) is 0 Å². The third kappa shape index (κ3) is 3.54. The van der Waals surface area contributed by atoms with Gasteiger partial charge in [-0.05, 0) is 78.8 Å². The highest BCUT2D eigenvalue weighted by atomic mass is 15.1. The fourth-order valence-electron chi connectivity index (χ4n) is 6.79. The highest BCUT2D eigenvalue weighted by Crippen LogP contribution is 2.56. The molecule has 6 aromatic rings. The number of hydrogen-bond donors (Lipinski definition) is 0. The van der Waals surface area contributed by atoms with Crippen LogP contribution in [0.25, 0.3) is 43.4 Å². The van der Waals surface area contributed by atoms with Crippen molar-refractivity contribution < 1.29 is 0 Å². The Hall–Kier alpha value is -4.62. The first-order valence-electron chi connectivity index (χ1n) is 13.7. The topological polar surface area (TPSA) is 3.24 Å². The van der Waals surface area contributed by atoms with E-state index in [0.29, 0.717) is 0 Å². The van der Waals surface area contributed by atoms with Crippen LogP contribution in [0, 0.1) is 0 Å². The van der Waals surface area contributed by atoms with E-state index in [4.69, 9.17) is 0 Å². The van der Waals surface area contributed by atoms with E-state index in [9.17, 15) is 0 Å². The van der Waals surface area contributed by atoms with Gasteiger partial charge >= 0.3 is 0 Å². The number of allylic oxidation sites excluding steroid dienone is 2. The Bertz CT molecular complexity index is 1920. The third-order valence-electron chi connectivity index (χ3n) is 8.40. The van der Waals surface area contributed by atoms with Gasteiger partial charge in [0, 0.05) is 23.3 Å². The minimum absolute atomic E-state index is 0.124. The summed E-state index contributed by atoms with van der Waals surface area (Å²) >= 11 is 0. The van der Waals surface area contributed by atoms with Crippen molar-refractivity contribution in [2.45, 2.75) is 19.3 Å². The molecule has 1 heteroatoms. The van der Waals surface area contributed by atoms with E-state index in [0.717, 1.165) is 6.54 Å². The molecule has 0 saturated carbocycles. The summed E-state index contributed by atoms with van der Waals surface area (Å²) in [7, 11) is 0. The first kappa shape index (κ1) is 23.5. The van der Waals surface area contributed by atoms with Gasteiger partial charge in [-0.1, -0.05) is 124 Å². The minimum Gasteiger partial charge on any atom is -0.338 e. The number of para-hydroxylation sites is 1. The van der Waals surface area contributed by atoms with Crippen molar-refractivity contribution in [3.05, 3.63) is 145 Å².